The van der Waals surface area contributed by atoms with Gasteiger partial charge in [0.25, 0.3) is 0 Å². The van der Waals surface area contributed by atoms with Gasteiger partial charge >= 0.3 is 16.1 Å². The molecule has 0 radical (unpaired) electrons. The second-order valence-corrected chi connectivity index (χ2v) is 7.72. The van der Waals surface area contributed by atoms with Crippen LogP contribution in [-0.2, 0) is 23.9 Å². The lowest BCUT2D eigenvalue weighted by Crippen LogP contribution is -2.35. The van der Waals surface area contributed by atoms with E-state index in [0.717, 1.165) is 13.4 Å². The largest absolute Gasteiger partial charge is 0.492 e. The Hall–Kier alpha value is -2.04. The summed E-state index contributed by atoms with van der Waals surface area (Å²) in [7, 11) is -1.53. The van der Waals surface area contributed by atoms with Gasteiger partial charge in [-0.05, 0) is 6.07 Å². The molecule has 0 saturated heterocycles. The molecule has 0 bridgehead atoms. The number of hydrogen-bond donors (Lipinski definition) is 1. The summed E-state index contributed by atoms with van der Waals surface area (Å²) in [6, 6.07) is 1.96. The minimum Gasteiger partial charge on any atom is -0.492 e. The molecule has 1 heterocycles. The monoisotopic (exact) mass is 440 g/mol. The van der Waals surface area contributed by atoms with Crippen molar-refractivity contribution in [1.82, 2.24) is 5.32 Å². The number of oxime groups is 1. The number of hydrogen-bond acceptors (Lipinski definition) is 8. The molecule has 0 saturated carbocycles. The predicted octanol–water partition coefficient (Wildman–Crippen LogP) is 2.48. The number of rotatable bonds is 5. The summed E-state index contributed by atoms with van der Waals surface area (Å²) in [5.41, 5.74) is -0.215. The van der Waals surface area contributed by atoms with Gasteiger partial charge in [-0.3, -0.25) is 4.28 Å². The molecule has 1 N–H and O–H groups in total. The van der Waals surface area contributed by atoms with Gasteiger partial charge in [0, 0.05) is 12.0 Å². The third-order valence-corrected chi connectivity index (χ3v) is 4.57. The minimum absolute atomic E-state index is 0.0608. The Morgan fingerprint density at radius 1 is 1.33 bits per heavy atom. The second kappa shape index (κ2) is 8.32. The molecule has 1 unspecified atom stereocenters. The summed E-state index contributed by atoms with van der Waals surface area (Å²) >= 11 is 12.0. The number of carbonyl (C=O) groups is 1. The lowest BCUT2D eigenvalue weighted by atomic mass is 9.96. The average Bonchev–Trinajstić information content (AvgIpc) is 2.60. The maximum Gasteiger partial charge on any atom is 0.355 e. The fraction of sp³-hybridized carbons (Fsp3) is 0.333. The third kappa shape index (κ3) is 4.82. The van der Waals surface area contributed by atoms with Crippen LogP contribution in [0.2, 0.25) is 5.02 Å². The van der Waals surface area contributed by atoms with Crippen LogP contribution >= 0.6 is 23.2 Å². The van der Waals surface area contributed by atoms with Crippen LogP contribution in [0.3, 0.4) is 0 Å². The van der Waals surface area contributed by atoms with Gasteiger partial charge in [0.05, 0.1) is 36.6 Å². The van der Waals surface area contributed by atoms with Crippen molar-refractivity contribution in [3.8, 4) is 5.75 Å². The molecule has 1 aliphatic rings. The molecular weight excluding hydrogens is 426 g/mol. The summed E-state index contributed by atoms with van der Waals surface area (Å²) in [5, 5.41) is 6.09. The van der Waals surface area contributed by atoms with E-state index in [0.29, 0.717) is 0 Å². The summed E-state index contributed by atoms with van der Waals surface area (Å²) in [6.07, 6.45) is 0.703. The molecule has 2 rings (SSSR count). The number of carbonyl (C=O) groups excluding carboxylic acids is 1. The fourth-order valence-corrected chi connectivity index (χ4v) is 3.04. The van der Waals surface area contributed by atoms with E-state index >= 15 is 0 Å². The zero-order valence-corrected chi connectivity index (χ0v) is 16.7. The van der Waals surface area contributed by atoms with Crippen molar-refractivity contribution in [3.63, 3.8) is 0 Å². The number of esters is 1. The molecule has 0 aromatic heterocycles. The van der Waals surface area contributed by atoms with Crippen molar-refractivity contribution < 1.29 is 31.4 Å². The van der Waals surface area contributed by atoms with Gasteiger partial charge < -0.3 is 14.8 Å². The van der Waals surface area contributed by atoms with Gasteiger partial charge in [0.1, 0.15) is 11.4 Å². The van der Waals surface area contributed by atoms with Gasteiger partial charge in [-0.1, -0.05) is 34.4 Å². The van der Waals surface area contributed by atoms with Crippen LogP contribution in [0.25, 0.3) is 0 Å². The van der Waals surface area contributed by atoms with E-state index in [2.05, 4.69) is 19.5 Å². The first-order valence-electron chi connectivity index (χ1n) is 7.31. The lowest BCUT2D eigenvalue weighted by Gasteiger charge is -2.27. The van der Waals surface area contributed by atoms with Crippen LogP contribution in [0.15, 0.2) is 28.0 Å². The molecule has 0 aliphatic carbocycles. The number of benzene rings is 1. The van der Waals surface area contributed by atoms with E-state index < -0.39 is 27.9 Å². The molecule has 148 valence electrons. The van der Waals surface area contributed by atoms with Crippen molar-refractivity contribution in [2.24, 2.45) is 5.16 Å². The Morgan fingerprint density at radius 3 is 2.56 bits per heavy atom. The first-order valence-corrected chi connectivity index (χ1v) is 9.88. The van der Waals surface area contributed by atoms with Crippen molar-refractivity contribution in [3.05, 3.63) is 39.3 Å². The number of nitrogens with one attached hydrogen (secondary N) is 1. The maximum atomic E-state index is 14.7. The number of allylic oxidation sites excluding steroid dienone is 1. The van der Waals surface area contributed by atoms with Crippen LogP contribution < -0.4 is 10.1 Å². The quantitative estimate of drug-likeness (QED) is 0.553. The maximum absolute atomic E-state index is 14.7. The number of methoxy groups -OCH3 is 2. The Kier molecular flexibility index (Phi) is 6.55. The molecule has 1 aromatic rings. The van der Waals surface area contributed by atoms with E-state index in [-0.39, 0.29) is 39.2 Å². The molecule has 12 heteroatoms. The van der Waals surface area contributed by atoms with Crippen molar-refractivity contribution in [2.75, 3.05) is 20.5 Å². The molecule has 0 spiro atoms. The summed E-state index contributed by atoms with van der Waals surface area (Å²) < 4.78 is 51.1. The molecule has 1 atom stereocenters. The van der Waals surface area contributed by atoms with Crippen LogP contribution in [0.1, 0.15) is 18.0 Å². The Morgan fingerprint density at radius 2 is 2.00 bits per heavy atom. The van der Waals surface area contributed by atoms with Crippen LogP contribution in [0, 0.1) is 5.82 Å². The molecule has 0 fully saturated rings. The van der Waals surface area contributed by atoms with Gasteiger partial charge in [0.2, 0.25) is 0 Å². The van der Waals surface area contributed by atoms with Gasteiger partial charge in [-0.2, -0.15) is 8.42 Å². The van der Waals surface area contributed by atoms with Crippen molar-refractivity contribution in [2.45, 2.75) is 12.5 Å². The first-order chi connectivity index (χ1) is 12.6. The Labute approximate surface area is 165 Å². The Bertz CT molecular complexity index is 932. The fourth-order valence-electron chi connectivity index (χ4n) is 2.35. The zero-order valence-electron chi connectivity index (χ0n) is 14.4. The third-order valence-electron chi connectivity index (χ3n) is 3.52. The van der Waals surface area contributed by atoms with E-state index in [4.69, 9.17) is 27.9 Å². The highest BCUT2D eigenvalue weighted by atomic mass is 35.5. The lowest BCUT2D eigenvalue weighted by molar-refractivity contribution is -0.136. The zero-order chi connectivity index (χ0) is 20.4. The van der Waals surface area contributed by atoms with Crippen LogP contribution in [0.5, 0.6) is 5.75 Å². The average molecular weight is 441 g/mol. The summed E-state index contributed by atoms with van der Waals surface area (Å²) in [5.74, 6) is -1.78. The minimum atomic E-state index is -3.91. The standard InChI is InChI=1S/C15H15Cl2FN2O6S/c1-24-14-8(16)5-4-7(12(14)18)9-6-10(20-26-27(3,22)23)11(17)13(19-9)15(21)25-2/h4-5,9,19H,6H2,1-3H3/b20-10-. The van der Waals surface area contributed by atoms with Crippen molar-refractivity contribution >= 4 is 45.0 Å². The molecule has 8 nitrogen and oxygen atoms in total. The molecule has 1 aromatic carbocycles. The van der Waals surface area contributed by atoms with Crippen LogP contribution in [-0.4, -0.2) is 40.6 Å². The first kappa shape index (κ1) is 21.3. The number of nitrogens with zero attached hydrogens (tertiary/aromatic N) is 1. The van der Waals surface area contributed by atoms with E-state index in [1.54, 1.807) is 0 Å². The highest BCUT2D eigenvalue weighted by Gasteiger charge is 2.33. The SMILES string of the molecule is COC(=O)C1=C(Cl)/C(=N\OS(C)(=O)=O)CC(c2ccc(Cl)c(OC)c2F)N1. The smallest absolute Gasteiger partial charge is 0.355 e. The second-order valence-electron chi connectivity index (χ2n) is 5.38. The van der Waals surface area contributed by atoms with Crippen LogP contribution in [0.4, 0.5) is 4.39 Å². The summed E-state index contributed by atoms with van der Waals surface area (Å²) in [4.78, 5) is 12.0. The molecular formula is C15H15Cl2FN2O6S. The number of ether oxygens (including phenoxy) is 2. The van der Waals surface area contributed by atoms with E-state index in [1.807, 2.05) is 0 Å². The van der Waals surface area contributed by atoms with Gasteiger partial charge in [-0.25, -0.2) is 9.18 Å². The highest BCUT2D eigenvalue weighted by molar-refractivity contribution is 7.85. The molecule has 27 heavy (non-hydrogen) atoms. The van der Waals surface area contributed by atoms with E-state index in [9.17, 15) is 17.6 Å². The number of halogens is 3. The Balaban J connectivity index is 2.54. The molecule has 1 aliphatic heterocycles. The topological polar surface area (TPSA) is 103 Å². The predicted molar refractivity (Wildman–Crippen MR) is 96.7 cm³/mol. The van der Waals surface area contributed by atoms with Gasteiger partial charge in [0.15, 0.2) is 11.6 Å². The van der Waals surface area contributed by atoms with E-state index in [1.165, 1.54) is 19.2 Å². The summed E-state index contributed by atoms with van der Waals surface area (Å²) in [6.45, 7) is 0. The normalized spacial score (nSPS) is 18.9. The molecule has 0 amide bonds. The van der Waals surface area contributed by atoms with Crippen molar-refractivity contribution in [1.29, 1.82) is 0 Å². The van der Waals surface area contributed by atoms with Gasteiger partial charge in [-0.15, -0.1) is 0 Å². The highest BCUT2D eigenvalue weighted by Crippen LogP contribution is 2.36.